The number of rotatable bonds is 2. The Morgan fingerprint density at radius 3 is 2.72 bits per heavy atom. The summed E-state index contributed by atoms with van der Waals surface area (Å²) in [6, 6.07) is 7.54. The molecule has 2 aromatic rings. The van der Waals surface area contributed by atoms with Crippen LogP contribution in [0.5, 0.6) is 0 Å². The summed E-state index contributed by atoms with van der Waals surface area (Å²) in [5.41, 5.74) is 13.7. The van der Waals surface area contributed by atoms with E-state index >= 15 is 0 Å². The first-order valence-corrected chi connectivity index (χ1v) is 6.10. The fourth-order valence-corrected chi connectivity index (χ4v) is 2.46. The first-order valence-electron chi connectivity index (χ1n) is 6.10. The monoisotopic (exact) mass is 239 g/mol. The average Bonchev–Trinajstić information content (AvgIpc) is 2.84. The molecule has 3 rings (SSSR count). The number of benzene rings is 1. The Bertz CT molecular complexity index is 605. The van der Waals surface area contributed by atoms with Gasteiger partial charge >= 0.3 is 0 Å². The lowest BCUT2D eigenvalue weighted by Gasteiger charge is -2.11. The molecule has 0 radical (unpaired) electrons. The molecule has 18 heavy (non-hydrogen) atoms. The fourth-order valence-electron chi connectivity index (χ4n) is 2.46. The van der Waals surface area contributed by atoms with Gasteiger partial charge in [0.2, 0.25) is 0 Å². The predicted octanol–water partition coefficient (Wildman–Crippen LogP) is 3.90. The van der Waals surface area contributed by atoms with Gasteiger partial charge in [-0.1, -0.05) is 29.4 Å². The summed E-state index contributed by atoms with van der Waals surface area (Å²) in [7, 11) is 0. The van der Waals surface area contributed by atoms with E-state index in [4.69, 9.17) is 5.53 Å². The van der Waals surface area contributed by atoms with Crippen LogP contribution in [0.4, 0.5) is 5.69 Å². The summed E-state index contributed by atoms with van der Waals surface area (Å²) >= 11 is 0. The van der Waals surface area contributed by atoms with Gasteiger partial charge in [0.15, 0.2) is 0 Å². The van der Waals surface area contributed by atoms with E-state index in [1.807, 2.05) is 24.3 Å². The van der Waals surface area contributed by atoms with Crippen molar-refractivity contribution in [3.63, 3.8) is 0 Å². The van der Waals surface area contributed by atoms with Gasteiger partial charge in [0, 0.05) is 27.4 Å². The highest BCUT2D eigenvalue weighted by molar-refractivity contribution is 5.66. The molecule has 1 N–H and O–H groups in total. The second-order valence-corrected chi connectivity index (χ2v) is 4.47. The fraction of sp³-hybridized carbons (Fsp3) is 0.308. The second kappa shape index (κ2) is 4.55. The minimum absolute atomic E-state index is 0.630. The molecular formula is C13H13N5. The summed E-state index contributed by atoms with van der Waals surface area (Å²) in [6.45, 7) is 0. The van der Waals surface area contributed by atoms with E-state index in [-0.39, 0.29) is 0 Å². The number of aromatic nitrogens is 2. The molecule has 0 fully saturated rings. The van der Waals surface area contributed by atoms with Gasteiger partial charge in [0.05, 0.1) is 5.69 Å². The molecule has 0 unspecified atom stereocenters. The van der Waals surface area contributed by atoms with Crippen LogP contribution in [0.25, 0.3) is 21.7 Å². The maximum absolute atomic E-state index is 8.37. The molecule has 0 saturated heterocycles. The third-order valence-corrected chi connectivity index (χ3v) is 3.36. The van der Waals surface area contributed by atoms with Gasteiger partial charge in [-0.05, 0) is 31.2 Å². The molecule has 0 aliphatic heterocycles. The van der Waals surface area contributed by atoms with Crippen LogP contribution in [0.15, 0.2) is 29.4 Å². The molecule has 5 heteroatoms. The number of H-pyrrole nitrogens is 1. The predicted molar refractivity (Wildman–Crippen MR) is 69.5 cm³/mol. The van der Waals surface area contributed by atoms with Gasteiger partial charge in [-0.15, -0.1) is 0 Å². The summed E-state index contributed by atoms with van der Waals surface area (Å²) in [6.07, 6.45) is 4.67. The lowest BCUT2D eigenvalue weighted by atomic mass is 9.94. The Kier molecular flexibility index (Phi) is 2.74. The first kappa shape index (κ1) is 10.9. The Balaban J connectivity index is 1.99. The summed E-state index contributed by atoms with van der Waals surface area (Å²) in [5.74, 6) is 0. The van der Waals surface area contributed by atoms with Gasteiger partial charge in [-0.3, -0.25) is 5.10 Å². The molecule has 90 valence electrons. The number of nitrogens with one attached hydrogen (secondary N) is 1. The van der Waals surface area contributed by atoms with Crippen LogP contribution < -0.4 is 0 Å². The van der Waals surface area contributed by atoms with Crippen LogP contribution in [-0.4, -0.2) is 10.2 Å². The van der Waals surface area contributed by atoms with Crippen molar-refractivity contribution in [1.29, 1.82) is 0 Å². The molecule has 0 spiro atoms. The zero-order valence-corrected chi connectivity index (χ0v) is 9.93. The maximum atomic E-state index is 8.37. The number of aryl methyl sites for hydroxylation is 1. The van der Waals surface area contributed by atoms with Crippen molar-refractivity contribution < 1.29 is 0 Å². The molecule has 1 aromatic heterocycles. The molecule has 0 bridgehead atoms. The summed E-state index contributed by atoms with van der Waals surface area (Å²) < 4.78 is 0. The number of azide groups is 1. The van der Waals surface area contributed by atoms with Crippen molar-refractivity contribution in [2.75, 3.05) is 0 Å². The van der Waals surface area contributed by atoms with Crippen LogP contribution in [0.1, 0.15) is 24.1 Å². The summed E-state index contributed by atoms with van der Waals surface area (Å²) in [4.78, 5) is 2.77. The van der Waals surface area contributed by atoms with Gasteiger partial charge in [0.1, 0.15) is 0 Å². The SMILES string of the molecule is [N-]=[N+]=Nc1ccc(-c2n[nH]c3c2CCCC3)cc1. The van der Waals surface area contributed by atoms with E-state index in [0.29, 0.717) is 5.69 Å². The number of aromatic amines is 1. The lowest BCUT2D eigenvalue weighted by Crippen LogP contribution is -2.01. The van der Waals surface area contributed by atoms with Crippen molar-refractivity contribution in [2.24, 2.45) is 5.11 Å². The Hall–Kier alpha value is -2.26. The zero-order chi connectivity index (χ0) is 12.4. The molecule has 1 aliphatic rings. The van der Waals surface area contributed by atoms with Crippen LogP contribution in [-0.2, 0) is 12.8 Å². The van der Waals surface area contributed by atoms with Gasteiger partial charge < -0.3 is 0 Å². The molecule has 1 heterocycles. The highest BCUT2D eigenvalue weighted by Crippen LogP contribution is 2.30. The summed E-state index contributed by atoms with van der Waals surface area (Å²) in [5, 5.41) is 11.1. The van der Waals surface area contributed by atoms with Crippen LogP contribution >= 0.6 is 0 Å². The van der Waals surface area contributed by atoms with Crippen LogP contribution in [0, 0.1) is 0 Å². The van der Waals surface area contributed by atoms with Gasteiger partial charge in [-0.25, -0.2) is 0 Å². The Morgan fingerprint density at radius 1 is 1.17 bits per heavy atom. The van der Waals surface area contributed by atoms with Crippen molar-refractivity contribution in [3.8, 4) is 11.3 Å². The van der Waals surface area contributed by atoms with E-state index in [1.54, 1.807) is 0 Å². The normalized spacial score (nSPS) is 13.8. The number of fused-ring (bicyclic) bond motifs is 1. The van der Waals surface area contributed by atoms with Crippen molar-refractivity contribution in [2.45, 2.75) is 25.7 Å². The second-order valence-electron chi connectivity index (χ2n) is 4.47. The molecule has 1 aliphatic carbocycles. The van der Waals surface area contributed by atoms with Crippen molar-refractivity contribution in [3.05, 3.63) is 46.0 Å². The van der Waals surface area contributed by atoms with E-state index in [2.05, 4.69) is 20.2 Å². The van der Waals surface area contributed by atoms with E-state index < -0.39 is 0 Å². The van der Waals surface area contributed by atoms with E-state index in [0.717, 1.165) is 24.1 Å². The minimum atomic E-state index is 0.630. The average molecular weight is 239 g/mol. The van der Waals surface area contributed by atoms with E-state index in [9.17, 15) is 0 Å². The Labute approximate surface area is 104 Å². The largest absolute Gasteiger partial charge is 0.282 e. The molecule has 1 aromatic carbocycles. The highest BCUT2D eigenvalue weighted by atomic mass is 15.1. The number of hydrogen-bond donors (Lipinski definition) is 1. The van der Waals surface area contributed by atoms with Crippen molar-refractivity contribution >= 4 is 5.69 Å². The molecular weight excluding hydrogens is 226 g/mol. The van der Waals surface area contributed by atoms with Gasteiger partial charge in [-0.2, -0.15) is 5.10 Å². The molecule has 5 nitrogen and oxygen atoms in total. The first-order chi connectivity index (χ1) is 8.88. The van der Waals surface area contributed by atoms with Crippen LogP contribution in [0.2, 0.25) is 0 Å². The molecule has 0 amide bonds. The van der Waals surface area contributed by atoms with Gasteiger partial charge in [0.25, 0.3) is 0 Å². The minimum Gasteiger partial charge on any atom is -0.282 e. The topological polar surface area (TPSA) is 77.4 Å². The van der Waals surface area contributed by atoms with E-state index in [1.165, 1.54) is 24.1 Å². The zero-order valence-electron chi connectivity index (χ0n) is 9.93. The van der Waals surface area contributed by atoms with Crippen molar-refractivity contribution in [1.82, 2.24) is 10.2 Å². The quantitative estimate of drug-likeness (QED) is 0.481. The molecule has 0 atom stereocenters. The third kappa shape index (κ3) is 1.85. The van der Waals surface area contributed by atoms with Crippen LogP contribution in [0.3, 0.4) is 0 Å². The number of nitrogens with zero attached hydrogens (tertiary/aromatic N) is 4. The highest BCUT2D eigenvalue weighted by Gasteiger charge is 2.17. The third-order valence-electron chi connectivity index (χ3n) is 3.36. The standard InChI is InChI=1S/C13H13N5/c14-18-15-10-7-5-9(6-8-10)13-11-3-1-2-4-12(11)16-17-13/h5-8H,1-4H2,(H,16,17). The molecule has 0 saturated carbocycles. The lowest BCUT2D eigenvalue weighted by molar-refractivity contribution is 0.675. The smallest absolute Gasteiger partial charge is 0.0955 e. The Morgan fingerprint density at radius 2 is 1.94 bits per heavy atom. The number of hydrogen-bond acceptors (Lipinski definition) is 2. The maximum Gasteiger partial charge on any atom is 0.0955 e.